The smallest absolute Gasteiger partial charge is 0.0146 e. The number of rotatable bonds is 1. The fourth-order valence-electron chi connectivity index (χ4n) is 2.79. The average Bonchev–Trinajstić information content (AvgIpc) is 2.71. The number of fused-ring (bicyclic) bond motifs is 2. The summed E-state index contributed by atoms with van der Waals surface area (Å²) in [6.07, 6.45) is 5.85. The minimum atomic E-state index is 0.390. The van der Waals surface area contributed by atoms with Crippen LogP contribution in [0.5, 0.6) is 0 Å². The second-order valence-corrected chi connectivity index (χ2v) is 5.37. The minimum absolute atomic E-state index is 0.390. The number of thioether (sulfide) groups is 1. The Balaban J connectivity index is 2.09. The van der Waals surface area contributed by atoms with Crippen LogP contribution in [0.25, 0.3) is 0 Å². The van der Waals surface area contributed by atoms with Crippen molar-refractivity contribution in [1.82, 2.24) is 0 Å². The van der Waals surface area contributed by atoms with Gasteiger partial charge in [0.25, 0.3) is 0 Å². The van der Waals surface area contributed by atoms with Gasteiger partial charge in [0, 0.05) is 16.4 Å². The van der Waals surface area contributed by atoms with Crippen LogP contribution in [-0.2, 0) is 11.8 Å². The van der Waals surface area contributed by atoms with Crippen LogP contribution in [0.4, 0.5) is 0 Å². The van der Waals surface area contributed by atoms with Gasteiger partial charge >= 0.3 is 0 Å². The molecule has 0 aromatic heterocycles. The zero-order chi connectivity index (χ0) is 9.76. The molecule has 1 aromatic rings. The molecule has 0 heterocycles. The van der Waals surface area contributed by atoms with E-state index in [-0.39, 0.29) is 0 Å². The van der Waals surface area contributed by atoms with E-state index in [9.17, 15) is 0 Å². The first-order valence-corrected chi connectivity index (χ1v) is 6.42. The fourth-order valence-corrected chi connectivity index (χ4v) is 3.23. The summed E-state index contributed by atoms with van der Waals surface area (Å²) in [4.78, 5) is 1.38. The Kier molecular flexibility index (Phi) is 1.74. The van der Waals surface area contributed by atoms with Crippen molar-refractivity contribution in [3.05, 3.63) is 29.3 Å². The van der Waals surface area contributed by atoms with Gasteiger partial charge < -0.3 is 5.73 Å². The highest BCUT2D eigenvalue weighted by Crippen LogP contribution is 2.56. The molecule has 2 unspecified atom stereocenters. The van der Waals surface area contributed by atoms with E-state index in [4.69, 9.17) is 5.73 Å². The Labute approximate surface area is 89.1 Å². The van der Waals surface area contributed by atoms with Gasteiger partial charge in [0.1, 0.15) is 0 Å². The summed E-state index contributed by atoms with van der Waals surface area (Å²) in [6, 6.07) is 7.32. The quantitative estimate of drug-likeness (QED) is 0.712. The highest BCUT2D eigenvalue weighted by Gasteiger charge is 2.56. The predicted molar refractivity (Wildman–Crippen MR) is 60.8 cm³/mol. The van der Waals surface area contributed by atoms with E-state index in [1.54, 1.807) is 5.56 Å². The molecule has 0 aliphatic heterocycles. The molecule has 74 valence electrons. The molecule has 2 heteroatoms. The minimum Gasteiger partial charge on any atom is -0.327 e. The first-order chi connectivity index (χ1) is 6.76. The molecule has 0 bridgehead atoms. The van der Waals surface area contributed by atoms with Gasteiger partial charge in [-0.3, -0.25) is 0 Å². The fraction of sp³-hybridized carbons (Fsp3) is 0.500. The highest BCUT2D eigenvalue weighted by atomic mass is 32.2. The third-order valence-electron chi connectivity index (χ3n) is 3.83. The van der Waals surface area contributed by atoms with Crippen molar-refractivity contribution in [2.45, 2.75) is 35.6 Å². The van der Waals surface area contributed by atoms with Gasteiger partial charge in [-0.1, -0.05) is 6.07 Å². The Bertz CT molecular complexity index is 388. The molecule has 0 radical (unpaired) electrons. The van der Waals surface area contributed by atoms with Gasteiger partial charge in [-0.05, 0) is 48.8 Å². The van der Waals surface area contributed by atoms with Crippen LogP contribution >= 0.6 is 11.8 Å². The SMILES string of the molecule is CSc1ccc2c(c1)C1(CC2)CC1N. The van der Waals surface area contributed by atoms with Crippen LogP contribution in [0.2, 0.25) is 0 Å². The van der Waals surface area contributed by atoms with E-state index in [1.165, 1.54) is 29.7 Å². The Morgan fingerprint density at radius 1 is 1.50 bits per heavy atom. The molecule has 1 saturated carbocycles. The van der Waals surface area contributed by atoms with E-state index in [0.29, 0.717) is 11.5 Å². The molecule has 2 atom stereocenters. The van der Waals surface area contributed by atoms with Crippen LogP contribution in [0.3, 0.4) is 0 Å². The Hall–Kier alpha value is -0.470. The molecule has 14 heavy (non-hydrogen) atoms. The van der Waals surface area contributed by atoms with Crippen LogP contribution in [-0.4, -0.2) is 12.3 Å². The second-order valence-electron chi connectivity index (χ2n) is 4.49. The molecule has 0 saturated heterocycles. The molecule has 1 fully saturated rings. The maximum Gasteiger partial charge on any atom is 0.0146 e. The van der Waals surface area contributed by atoms with E-state index in [0.717, 1.165) is 0 Å². The summed E-state index contributed by atoms with van der Waals surface area (Å²) in [5.41, 5.74) is 9.54. The maximum absolute atomic E-state index is 6.06. The van der Waals surface area contributed by atoms with Gasteiger partial charge in [0.2, 0.25) is 0 Å². The van der Waals surface area contributed by atoms with Gasteiger partial charge in [0.15, 0.2) is 0 Å². The molecular weight excluding hydrogens is 190 g/mol. The largest absolute Gasteiger partial charge is 0.327 e. The number of aryl methyl sites for hydroxylation is 1. The molecule has 1 nitrogen and oxygen atoms in total. The maximum atomic E-state index is 6.06. The van der Waals surface area contributed by atoms with E-state index < -0.39 is 0 Å². The first-order valence-electron chi connectivity index (χ1n) is 5.19. The lowest BCUT2D eigenvalue weighted by atomic mass is 9.98. The number of nitrogens with two attached hydrogens (primary N) is 1. The molecule has 0 amide bonds. The van der Waals surface area contributed by atoms with E-state index in [2.05, 4.69) is 24.5 Å². The normalized spacial score (nSPS) is 33.4. The van der Waals surface area contributed by atoms with Crippen LogP contribution in [0, 0.1) is 0 Å². The highest BCUT2D eigenvalue weighted by molar-refractivity contribution is 7.98. The van der Waals surface area contributed by atoms with Crippen molar-refractivity contribution in [1.29, 1.82) is 0 Å². The summed E-state index contributed by atoms with van der Waals surface area (Å²) in [7, 11) is 0. The van der Waals surface area contributed by atoms with E-state index in [1.807, 2.05) is 11.8 Å². The summed E-state index contributed by atoms with van der Waals surface area (Å²) in [5, 5.41) is 0. The van der Waals surface area contributed by atoms with Gasteiger partial charge in [-0.15, -0.1) is 11.8 Å². The third-order valence-corrected chi connectivity index (χ3v) is 4.55. The average molecular weight is 205 g/mol. The monoisotopic (exact) mass is 205 g/mol. The Morgan fingerprint density at radius 3 is 2.93 bits per heavy atom. The van der Waals surface area contributed by atoms with Crippen LogP contribution in [0.15, 0.2) is 23.1 Å². The third kappa shape index (κ3) is 1.01. The number of benzene rings is 1. The van der Waals surface area contributed by atoms with Crippen molar-refractivity contribution in [2.75, 3.05) is 6.26 Å². The van der Waals surface area contributed by atoms with Crippen molar-refractivity contribution < 1.29 is 0 Å². The Morgan fingerprint density at radius 2 is 2.29 bits per heavy atom. The zero-order valence-electron chi connectivity index (χ0n) is 8.42. The number of hydrogen-bond acceptors (Lipinski definition) is 2. The molecule has 2 aliphatic rings. The molecule has 1 spiro atoms. The standard InChI is InChI=1S/C12H15NS/c1-14-9-3-2-8-4-5-12(7-11(12)13)10(8)6-9/h2-3,6,11H,4-5,7,13H2,1H3. The van der Waals surface area contributed by atoms with Crippen LogP contribution < -0.4 is 5.73 Å². The predicted octanol–water partition coefficient (Wildman–Crippen LogP) is 2.32. The molecule has 2 aliphatic carbocycles. The summed E-state index contributed by atoms with van der Waals surface area (Å²) >= 11 is 1.82. The van der Waals surface area contributed by atoms with E-state index >= 15 is 0 Å². The van der Waals surface area contributed by atoms with Gasteiger partial charge in [-0.25, -0.2) is 0 Å². The van der Waals surface area contributed by atoms with Crippen LogP contribution in [0.1, 0.15) is 24.0 Å². The molecule has 2 N–H and O–H groups in total. The summed E-state index contributed by atoms with van der Waals surface area (Å²) in [5.74, 6) is 0. The number of hydrogen-bond donors (Lipinski definition) is 1. The zero-order valence-corrected chi connectivity index (χ0v) is 9.23. The van der Waals surface area contributed by atoms with Crippen molar-refractivity contribution in [3.63, 3.8) is 0 Å². The topological polar surface area (TPSA) is 26.0 Å². The lowest BCUT2D eigenvalue weighted by molar-refractivity contribution is 0.650. The van der Waals surface area contributed by atoms with Gasteiger partial charge in [0.05, 0.1) is 0 Å². The second kappa shape index (κ2) is 2.77. The first kappa shape index (κ1) is 8.81. The van der Waals surface area contributed by atoms with Crippen molar-refractivity contribution >= 4 is 11.8 Å². The lowest BCUT2D eigenvalue weighted by Crippen LogP contribution is -2.15. The summed E-state index contributed by atoms with van der Waals surface area (Å²) in [6.45, 7) is 0. The molecule has 1 aromatic carbocycles. The van der Waals surface area contributed by atoms with Crippen molar-refractivity contribution in [2.24, 2.45) is 5.73 Å². The lowest BCUT2D eigenvalue weighted by Gasteiger charge is -2.10. The molecule has 3 rings (SSSR count). The van der Waals surface area contributed by atoms with Gasteiger partial charge in [-0.2, -0.15) is 0 Å². The van der Waals surface area contributed by atoms with Crippen molar-refractivity contribution in [3.8, 4) is 0 Å². The summed E-state index contributed by atoms with van der Waals surface area (Å²) < 4.78 is 0. The molecular formula is C12H15NS.